The maximum absolute atomic E-state index is 14.4. The number of nitrogens with two attached hydrogens (primary N) is 1. The molecule has 45 heavy (non-hydrogen) atoms. The highest BCUT2D eigenvalue weighted by atomic mass is 16.6. The van der Waals surface area contributed by atoms with Gasteiger partial charge in [-0.2, -0.15) is 5.10 Å². The maximum Gasteiger partial charge on any atom is 0.404 e. The van der Waals surface area contributed by atoms with Crippen molar-refractivity contribution >= 4 is 17.7 Å². The summed E-state index contributed by atoms with van der Waals surface area (Å²) >= 11 is 0. The molecule has 1 unspecified atom stereocenters. The minimum atomic E-state index is -0.730. The summed E-state index contributed by atoms with van der Waals surface area (Å²) in [6, 6.07) is 15.6. The molecule has 0 bridgehead atoms. The van der Waals surface area contributed by atoms with Gasteiger partial charge in [-0.05, 0) is 131 Å². The van der Waals surface area contributed by atoms with Crippen LogP contribution in [0, 0.1) is 24.7 Å². The number of amides is 2. The number of methoxy groups -OCH3 is 1. The lowest BCUT2D eigenvalue weighted by Crippen LogP contribution is -2.42. The Morgan fingerprint density at radius 1 is 0.978 bits per heavy atom. The molecule has 1 atom stereocenters. The van der Waals surface area contributed by atoms with E-state index in [0.717, 1.165) is 80.5 Å². The predicted octanol–water partition coefficient (Wildman–Crippen LogP) is 7.80. The number of aromatic nitrogens is 2. The number of benzene rings is 2. The first-order valence-electron chi connectivity index (χ1n) is 16.9. The molecule has 2 amide bonds. The monoisotopic (exact) mass is 612 g/mol. The van der Waals surface area contributed by atoms with Gasteiger partial charge in [0, 0.05) is 29.9 Å². The molecule has 3 aliphatic carbocycles. The lowest BCUT2D eigenvalue weighted by molar-refractivity contribution is -0.124. The smallest absolute Gasteiger partial charge is 0.404 e. The number of carbonyl (C=O) groups excluding carboxylic acids is 2. The predicted molar refractivity (Wildman–Crippen MR) is 176 cm³/mol. The third kappa shape index (κ3) is 7.37. The van der Waals surface area contributed by atoms with E-state index >= 15 is 0 Å². The highest BCUT2D eigenvalue weighted by Gasteiger charge is 2.35. The summed E-state index contributed by atoms with van der Waals surface area (Å²) in [7, 11) is 1.72. The molecule has 0 aliphatic heterocycles. The fourth-order valence-corrected chi connectivity index (χ4v) is 7.63. The van der Waals surface area contributed by atoms with E-state index in [0.29, 0.717) is 17.9 Å². The van der Waals surface area contributed by atoms with Crippen LogP contribution in [0.25, 0.3) is 11.1 Å². The number of primary amides is 1. The van der Waals surface area contributed by atoms with Crippen LogP contribution in [0.15, 0.2) is 54.9 Å². The average molecular weight is 613 g/mol. The molecule has 3 aromatic rings. The van der Waals surface area contributed by atoms with Gasteiger partial charge in [-0.1, -0.05) is 24.3 Å². The molecule has 8 nitrogen and oxygen atoms in total. The van der Waals surface area contributed by atoms with Gasteiger partial charge < -0.3 is 20.1 Å². The van der Waals surface area contributed by atoms with Crippen molar-refractivity contribution in [2.75, 3.05) is 18.6 Å². The molecule has 0 radical (unpaired) electrons. The van der Waals surface area contributed by atoms with Gasteiger partial charge in [0.2, 0.25) is 5.91 Å². The molecular formula is C37H48N4O4. The zero-order valence-electron chi connectivity index (χ0n) is 27.0. The lowest BCUT2D eigenvalue weighted by atomic mass is 9.77. The first-order chi connectivity index (χ1) is 21.8. The van der Waals surface area contributed by atoms with E-state index in [2.05, 4.69) is 70.3 Å². The number of rotatable bonds is 10. The van der Waals surface area contributed by atoms with Crippen LogP contribution in [-0.4, -0.2) is 41.5 Å². The molecule has 0 saturated heterocycles. The molecule has 3 aliphatic rings. The van der Waals surface area contributed by atoms with Crippen molar-refractivity contribution in [1.29, 1.82) is 0 Å². The van der Waals surface area contributed by atoms with Crippen LogP contribution in [0.5, 0.6) is 5.75 Å². The Hall–Kier alpha value is -3.81. The Balaban J connectivity index is 1.17. The summed E-state index contributed by atoms with van der Waals surface area (Å²) in [6.45, 7) is 4.75. The van der Waals surface area contributed by atoms with Gasteiger partial charge in [-0.3, -0.25) is 9.48 Å². The van der Waals surface area contributed by atoms with Gasteiger partial charge in [-0.15, -0.1) is 0 Å². The second-order valence-corrected chi connectivity index (χ2v) is 13.6. The molecule has 0 spiro atoms. The summed E-state index contributed by atoms with van der Waals surface area (Å²) in [6.07, 6.45) is 13.3. The van der Waals surface area contributed by atoms with Crippen LogP contribution in [0.3, 0.4) is 0 Å². The van der Waals surface area contributed by atoms with E-state index in [4.69, 9.17) is 15.2 Å². The van der Waals surface area contributed by atoms with E-state index < -0.39 is 6.09 Å². The molecule has 3 fully saturated rings. The SMILES string of the molecule is COc1ccc(C2CCC(CN(C(=O)C3CCC(C(C)OC(N)=O)CC3)c3cccc(-c4cnn(C5CC5)c4)c3)CC2)cc1C. The van der Waals surface area contributed by atoms with E-state index in [-0.39, 0.29) is 23.8 Å². The molecule has 3 saturated carbocycles. The zero-order chi connectivity index (χ0) is 31.5. The van der Waals surface area contributed by atoms with Crippen LogP contribution in [-0.2, 0) is 9.53 Å². The van der Waals surface area contributed by atoms with Crippen molar-refractivity contribution < 1.29 is 19.1 Å². The van der Waals surface area contributed by atoms with Crippen LogP contribution in [0.1, 0.15) is 94.2 Å². The second-order valence-electron chi connectivity index (χ2n) is 13.6. The normalized spacial score (nSPS) is 24.1. The van der Waals surface area contributed by atoms with Crippen LogP contribution in [0.2, 0.25) is 0 Å². The van der Waals surface area contributed by atoms with Crippen molar-refractivity contribution in [3.8, 4) is 16.9 Å². The van der Waals surface area contributed by atoms with E-state index in [1.165, 1.54) is 24.0 Å². The van der Waals surface area contributed by atoms with Crippen molar-refractivity contribution in [3.05, 3.63) is 66.0 Å². The number of hydrogen-bond donors (Lipinski definition) is 1. The van der Waals surface area contributed by atoms with Gasteiger partial charge in [0.05, 0.1) is 19.3 Å². The van der Waals surface area contributed by atoms with Crippen molar-refractivity contribution in [1.82, 2.24) is 9.78 Å². The number of aryl methyl sites for hydroxylation is 1. The highest BCUT2D eigenvalue weighted by molar-refractivity contribution is 5.95. The molecule has 6 rings (SSSR count). The van der Waals surface area contributed by atoms with Crippen molar-refractivity contribution in [3.63, 3.8) is 0 Å². The lowest BCUT2D eigenvalue weighted by Gasteiger charge is -2.37. The highest BCUT2D eigenvalue weighted by Crippen LogP contribution is 2.40. The first-order valence-corrected chi connectivity index (χ1v) is 16.9. The quantitative estimate of drug-likeness (QED) is 0.252. The number of hydrogen-bond acceptors (Lipinski definition) is 5. The molecular weight excluding hydrogens is 564 g/mol. The Labute approximate surface area is 267 Å². The van der Waals surface area contributed by atoms with E-state index in [9.17, 15) is 9.59 Å². The Morgan fingerprint density at radius 2 is 1.73 bits per heavy atom. The number of anilines is 1. The molecule has 8 heteroatoms. The fraction of sp³-hybridized carbons (Fsp3) is 0.541. The largest absolute Gasteiger partial charge is 0.496 e. The molecule has 2 N–H and O–H groups in total. The fourth-order valence-electron chi connectivity index (χ4n) is 7.63. The van der Waals surface area contributed by atoms with Crippen LogP contribution >= 0.6 is 0 Å². The van der Waals surface area contributed by atoms with Gasteiger partial charge in [0.15, 0.2) is 0 Å². The van der Waals surface area contributed by atoms with Crippen molar-refractivity contribution in [2.24, 2.45) is 23.5 Å². The molecule has 240 valence electrons. The summed E-state index contributed by atoms with van der Waals surface area (Å²) < 4.78 is 12.8. The van der Waals surface area contributed by atoms with Crippen LogP contribution < -0.4 is 15.4 Å². The van der Waals surface area contributed by atoms with Gasteiger partial charge in [-0.25, -0.2) is 4.79 Å². The number of ether oxygens (including phenoxy) is 2. The van der Waals surface area contributed by atoms with E-state index in [1.807, 2.05) is 13.1 Å². The summed E-state index contributed by atoms with van der Waals surface area (Å²) in [5.41, 5.74) is 11.0. The average Bonchev–Trinajstić information content (AvgIpc) is 3.79. The Bertz CT molecular complexity index is 1480. The molecule has 1 heterocycles. The summed E-state index contributed by atoms with van der Waals surface area (Å²) in [5, 5.41) is 4.61. The minimum absolute atomic E-state index is 0.0399. The number of carbonyl (C=O) groups is 2. The summed E-state index contributed by atoms with van der Waals surface area (Å²) in [5.74, 6) is 2.34. The minimum Gasteiger partial charge on any atom is -0.496 e. The van der Waals surface area contributed by atoms with E-state index in [1.54, 1.807) is 7.11 Å². The van der Waals surface area contributed by atoms with Gasteiger partial charge in [0.25, 0.3) is 0 Å². The van der Waals surface area contributed by atoms with Gasteiger partial charge in [0.1, 0.15) is 11.9 Å². The molecule has 2 aromatic carbocycles. The third-order valence-electron chi connectivity index (χ3n) is 10.5. The zero-order valence-corrected chi connectivity index (χ0v) is 27.0. The Morgan fingerprint density at radius 3 is 2.40 bits per heavy atom. The third-order valence-corrected chi connectivity index (χ3v) is 10.5. The summed E-state index contributed by atoms with van der Waals surface area (Å²) in [4.78, 5) is 27.7. The Kier molecular flexibility index (Phi) is 9.47. The van der Waals surface area contributed by atoms with Crippen LogP contribution in [0.4, 0.5) is 10.5 Å². The standard InChI is InChI=1S/C37H48N4O4/c1-24-19-31(15-18-35(24)44-3)28-9-7-26(8-10-28)22-40(36(42)29-13-11-27(12-14-29)25(2)45-37(38)43)34-6-4-5-30(20-34)32-21-39-41(23-32)33-16-17-33/h4-6,15,18-21,23,25-29,33H,7-14,16-17,22H2,1-3H3,(H2,38,43). The van der Waals surface area contributed by atoms with Crippen molar-refractivity contribution in [2.45, 2.75) is 96.1 Å². The first kappa shape index (κ1) is 31.2. The van der Waals surface area contributed by atoms with Gasteiger partial charge >= 0.3 is 6.09 Å². The molecule has 1 aromatic heterocycles. The second kappa shape index (κ2) is 13.7. The number of nitrogens with zero attached hydrogens (tertiary/aromatic N) is 3. The topological polar surface area (TPSA) is 99.7 Å². The maximum atomic E-state index is 14.4.